The summed E-state index contributed by atoms with van der Waals surface area (Å²) in [5, 5.41) is 11.7. The van der Waals surface area contributed by atoms with E-state index in [4.69, 9.17) is 0 Å². The maximum absolute atomic E-state index is 4.02. The average Bonchev–Trinajstić information content (AvgIpc) is 3.56. The second kappa shape index (κ2) is 13.3. The molecule has 0 fully saturated rings. The molecule has 0 spiro atoms. The number of hydrogen-bond donors (Lipinski definition) is 2. The first-order valence-electron chi connectivity index (χ1n) is 19.3. The van der Waals surface area contributed by atoms with E-state index in [0.717, 1.165) is 28.3 Å². The Labute approximate surface area is 326 Å². The van der Waals surface area contributed by atoms with Crippen LogP contribution in [0.1, 0.15) is 17.2 Å². The van der Waals surface area contributed by atoms with E-state index in [1.807, 2.05) is 0 Å². The lowest BCUT2D eigenvalue weighted by atomic mass is 9.98. The summed E-state index contributed by atoms with van der Waals surface area (Å²) >= 11 is 0. The van der Waals surface area contributed by atoms with Gasteiger partial charge in [-0.05, 0) is 75.5 Å². The first-order valence-corrected chi connectivity index (χ1v) is 19.3. The molecular formula is C52H38N4. The molecule has 0 aliphatic carbocycles. The van der Waals surface area contributed by atoms with Gasteiger partial charge in [-0.25, -0.2) is 0 Å². The minimum atomic E-state index is -0.275. The highest BCUT2D eigenvalue weighted by Gasteiger charge is 2.36. The first-order chi connectivity index (χ1) is 27.8. The van der Waals surface area contributed by atoms with E-state index in [0.29, 0.717) is 0 Å². The zero-order chi connectivity index (χ0) is 37.0. The van der Waals surface area contributed by atoms with E-state index in [-0.39, 0.29) is 12.3 Å². The van der Waals surface area contributed by atoms with Crippen molar-refractivity contribution in [2.45, 2.75) is 12.3 Å². The molecule has 2 unspecified atom stereocenters. The molecule has 3 heterocycles. The third-order valence-electron chi connectivity index (χ3n) is 11.4. The minimum absolute atomic E-state index is 0.0184. The van der Waals surface area contributed by atoms with Crippen LogP contribution in [-0.4, -0.2) is 10.9 Å². The number of nitrogens with zero attached hydrogens (tertiary/aromatic N) is 2. The predicted molar refractivity (Wildman–Crippen MR) is 233 cm³/mol. The fourth-order valence-electron chi connectivity index (χ4n) is 8.83. The van der Waals surface area contributed by atoms with Crippen LogP contribution < -0.4 is 15.5 Å². The molecule has 0 amide bonds. The molecule has 266 valence electrons. The van der Waals surface area contributed by atoms with Gasteiger partial charge < -0.3 is 14.8 Å². The molecule has 2 N–H and O–H groups in total. The molecule has 1 aromatic heterocycles. The van der Waals surface area contributed by atoms with Gasteiger partial charge in [-0.3, -0.25) is 5.32 Å². The largest absolute Gasteiger partial charge is 0.352 e. The molecule has 11 rings (SSSR count). The monoisotopic (exact) mass is 718 g/mol. The number of rotatable bonds is 5. The number of aromatic nitrogens is 1. The molecule has 2 aliphatic heterocycles. The summed E-state index contributed by atoms with van der Waals surface area (Å²) in [7, 11) is 0. The standard InChI is InChI=1S/C52H38N4/c1-3-17-36(18-4-1)45-34-46(37-19-5-2-6-20-37)54-52(53-45)56-48-28-13-10-25-43(48)50-42-24-9-12-27-47(42)55(51(50)44-26-11-14-29-49(44)56)41-23-15-22-39(33-41)40-31-30-35-16-7-8-21-38(35)32-40/h1-34,45,52-54H. The van der Waals surface area contributed by atoms with Crippen molar-refractivity contribution in [3.05, 3.63) is 217 Å². The van der Waals surface area contributed by atoms with Crippen LogP contribution in [0, 0.1) is 0 Å². The van der Waals surface area contributed by atoms with E-state index < -0.39 is 0 Å². The zero-order valence-electron chi connectivity index (χ0n) is 30.7. The Bertz CT molecular complexity index is 2940. The Morgan fingerprint density at radius 1 is 0.464 bits per heavy atom. The molecule has 56 heavy (non-hydrogen) atoms. The van der Waals surface area contributed by atoms with Gasteiger partial charge in [0, 0.05) is 33.5 Å². The highest BCUT2D eigenvalue weighted by molar-refractivity contribution is 6.12. The molecule has 8 aromatic carbocycles. The molecule has 0 saturated carbocycles. The molecule has 0 saturated heterocycles. The van der Waals surface area contributed by atoms with Gasteiger partial charge in [0.15, 0.2) is 6.29 Å². The number of benzene rings is 8. The van der Waals surface area contributed by atoms with Gasteiger partial charge >= 0.3 is 0 Å². The molecule has 2 atom stereocenters. The summed E-state index contributed by atoms with van der Waals surface area (Å²) in [6, 6.07) is 72.4. The topological polar surface area (TPSA) is 32.2 Å². The van der Waals surface area contributed by atoms with Gasteiger partial charge in [-0.2, -0.15) is 0 Å². The van der Waals surface area contributed by atoms with Crippen molar-refractivity contribution in [1.82, 2.24) is 15.2 Å². The number of nitrogens with one attached hydrogen (secondary N) is 2. The Morgan fingerprint density at radius 2 is 1.11 bits per heavy atom. The van der Waals surface area contributed by atoms with E-state index in [9.17, 15) is 0 Å². The van der Waals surface area contributed by atoms with Gasteiger partial charge in [0.1, 0.15) is 0 Å². The zero-order valence-corrected chi connectivity index (χ0v) is 30.7. The molecule has 2 aliphatic rings. The van der Waals surface area contributed by atoms with Crippen molar-refractivity contribution >= 4 is 38.7 Å². The number of hydrogen-bond acceptors (Lipinski definition) is 3. The lowest BCUT2D eigenvalue weighted by Crippen LogP contribution is -2.56. The quantitative estimate of drug-likeness (QED) is 0.186. The summed E-state index contributed by atoms with van der Waals surface area (Å²) in [6.07, 6.45) is 2.04. The van der Waals surface area contributed by atoms with Crippen molar-refractivity contribution in [3.63, 3.8) is 0 Å². The van der Waals surface area contributed by atoms with E-state index in [1.54, 1.807) is 0 Å². The van der Waals surface area contributed by atoms with E-state index in [2.05, 4.69) is 226 Å². The molecule has 9 aromatic rings. The summed E-state index contributed by atoms with van der Waals surface area (Å²) < 4.78 is 2.48. The lowest BCUT2D eigenvalue weighted by Gasteiger charge is -2.41. The number of anilines is 2. The first kappa shape index (κ1) is 32.3. The van der Waals surface area contributed by atoms with Crippen LogP contribution in [0.3, 0.4) is 0 Å². The van der Waals surface area contributed by atoms with Crippen molar-refractivity contribution in [1.29, 1.82) is 0 Å². The third-order valence-corrected chi connectivity index (χ3v) is 11.4. The van der Waals surface area contributed by atoms with Crippen LogP contribution in [0.5, 0.6) is 0 Å². The average molecular weight is 719 g/mol. The van der Waals surface area contributed by atoms with Crippen LogP contribution in [0.4, 0.5) is 11.4 Å². The van der Waals surface area contributed by atoms with Crippen LogP contribution in [0.25, 0.3) is 66.6 Å². The third kappa shape index (κ3) is 5.34. The van der Waals surface area contributed by atoms with E-state index >= 15 is 0 Å². The highest BCUT2D eigenvalue weighted by atomic mass is 15.4. The number of fused-ring (bicyclic) bond motifs is 8. The van der Waals surface area contributed by atoms with Crippen LogP contribution in [0.2, 0.25) is 0 Å². The second-order valence-electron chi connectivity index (χ2n) is 14.6. The van der Waals surface area contributed by atoms with Gasteiger partial charge in [-0.15, -0.1) is 0 Å². The molecule has 4 heteroatoms. The van der Waals surface area contributed by atoms with Crippen LogP contribution in [-0.2, 0) is 0 Å². The Hall–Kier alpha value is -7.14. The fourth-order valence-corrected chi connectivity index (χ4v) is 8.83. The van der Waals surface area contributed by atoms with Gasteiger partial charge in [0.25, 0.3) is 0 Å². The predicted octanol–water partition coefficient (Wildman–Crippen LogP) is 12.5. The summed E-state index contributed by atoms with van der Waals surface area (Å²) in [4.78, 5) is 2.47. The summed E-state index contributed by atoms with van der Waals surface area (Å²) in [5.41, 5.74) is 15.2. The smallest absolute Gasteiger partial charge is 0.160 e. The molecular weight excluding hydrogens is 681 g/mol. The van der Waals surface area contributed by atoms with Crippen LogP contribution in [0.15, 0.2) is 206 Å². The van der Waals surface area contributed by atoms with Gasteiger partial charge in [0.05, 0.1) is 28.6 Å². The van der Waals surface area contributed by atoms with Crippen molar-refractivity contribution in [2.24, 2.45) is 0 Å². The van der Waals surface area contributed by atoms with Crippen molar-refractivity contribution in [3.8, 4) is 39.2 Å². The molecule has 4 nitrogen and oxygen atoms in total. The second-order valence-corrected chi connectivity index (χ2v) is 14.6. The lowest BCUT2D eigenvalue weighted by molar-refractivity contribution is 0.433. The Morgan fingerprint density at radius 3 is 1.95 bits per heavy atom. The minimum Gasteiger partial charge on any atom is -0.352 e. The fraction of sp³-hybridized carbons (Fsp3) is 0.0385. The van der Waals surface area contributed by atoms with Gasteiger partial charge in [0.2, 0.25) is 0 Å². The highest BCUT2D eigenvalue weighted by Crippen LogP contribution is 2.53. The Kier molecular flexibility index (Phi) is 7.68. The maximum Gasteiger partial charge on any atom is 0.160 e. The summed E-state index contributed by atoms with van der Waals surface area (Å²) in [6.45, 7) is 0. The number of para-hydroxylation sites is 3. The van der Waals surface area contributed by atoms with Crippen molar-refractivity contribution in [2.75, 3.05) is 4.90 Å². The normalized spacial score (nSPS) is 16.0. The Balaban J connectivity index is 1.13. The van der Waals surface area contributed by atoms with E-state index in [1.165, 1.54) is 60.8 Å². The molecule has 0 bridgehead atoms. The molecule has 0 radical (unpaired) electrons. The van der Waals surface area contributed by atoms with Crippen molar-refractivity contribution < 1.29 is 0 Å². The van der Waals surface area contributed by atoms with Crippen LogP contribution >= 0.6 is 0 Å². The summed E-state index contributed by atoms with van der Waals surface area (Å²) in [5.74, 6) is 0. The SMILES string of the molecule is C1=C(c2ccccc2)NC(N2c3ccccc3-c3c(n(-c4cccc(-c5ccc6ccccc6c5)c4)c4ccccc34)-c3ccccc32)NC1c1ccccc1. The maximum atomic E-state index is 4.02. The van der Waals surface area contributed by atoms with Gasteiger partial charge in [-0.1, -0.05) is 164 Å².